The Balaban J connectivity index is 1.94. The van der Waals surface area contributed by atoms with Gasteiger partial charge in [0.25, 0.3) is 5.91 Å². The fraction of sp³-hybridized carbons (Fsp3) is 0.846. The molecule has 0 radical (unpaired) electrons. The summed E-state index contributed by atoms with van der Waals surface area (Å²) in [7, 11) is 0. The molecule has 2 fully saturated rings. The van der Waals surface area contributed by atoms with E-state index in [1.165, 1.54) is 25.7 Å². The summed E-state index contributed by atoms with van der Waals surface area (Å²) in [6.07, 6.45) is 4.86. The quantitative estimate of drug-likeness (QED) is 0.589. The van der Waals surface area contributed by atoms with E-state index < -0.39 is 12.0 Å². The number of carbonyl (C=O) groups is 2. The molecule has 18 heavy (non-hydrogen) atoms. The van der Waals surface area contributed by atoms with Crippen molar-refractivity contribution in [3.63, 3.8) is 0 Å². The van der Waals surface area contributed by atoms with Crippen LogP contribution in [0.4, 0.5) is 0 Å². The van der Waals surface area contributed by atoms with Crippen LogP contribution in [0, 0.1) is 11.8 Å². The molecule has 2 bridgehead atoms. The number of hydrogen-bond donors (Lipinski definition) is 1. The zero-order valence-electron chi connectivity index (χ0n) is 10.9. The Bertz CT molecular complexity index is 320. The lowest BCUT2D eigenvalue weighted by Gasteiger charge is -2.41. The van der Waals surface area contributed by atoms with Gasteiger partial charge >= 0.3 is 5.97 Å². The van der Waals surface area contributed by atoms with Crippen LogP contribution in [0.1, 0.15) is 32.6 Å². The van der Waals surface area contributed by atoms with E-state index in [1.807, 2.05) is 0 Å². The normalized spacial score (nSPS) is 28.7. The number of nitrogens with zero attached hydrogens (tertiary/aromatic N) is 1. The maximum Gasteiger partial charge on any atom is 0.332 e. The van der Waals surface area contributed by atoms with Crippen LogP contribution in [0.5, 0.6) is 0 Å². The first-order chi connectivity index (χ1) is 8.61. The molecule has 1 heterocycles. The van der Waals surface area contributed by atoms with E-state index in [-0.39, 0.29) is 12.5 Å². The molecule has 0 spiro atoms. The van der Waals surface area contributed by atoms with Crippen LogP contribution in [-0.4, -0.2) is 42.5 Å². The van der Waals surface area contributed by atoms with Crippen molar-refractivity contribution < 1.29 is 14.3 Å². The number of nitrogens with two attached hydrogens (primary N) is 1. The third-order valence-corrected chi connectivity index (χ3v) is 3.97. The van der Waals surface area contributed by atoms with Gasteiger partial charge in [-0.15, -0.1) is 0 Å². The van der Waals surface area contributed by atoms with Gasteiger partial charge in [0, 0.05) is 13.1 Å². The summed E-state index contributed by atoms with van der Waals surface area (Å²) in [6.45, 7) is 3.47. The van der Waals surface area contributed by atoms with Gasteiger partial charge in [-0.25, -0.2) is 4.79 Å². The van der Waals surface area contributed by atoms with Crippen LogP contribution in [0.15, 0.2) is 0 Å². The van der Waals surface area contributed by atoms with E-state index in [4.69, 9.17) is 10.5 Å². The van der Waals surface area contributed by atoms with Gasteiger partial charge in [-0.05, 0) is 38.0 Å². The van der Waals surface area contributed by atoms with Gasteiger partial charge in [0.15, 0.2) is 6.04 Å². The molecule has 2 aliphatic rings. The minimum absolute atomic E-state index is 0.255. The number of esters is 1. The van der Waals surface area contributed by atoms with Crippen LogP contribution in [0.3, 0.4) is 0 Å². The van der Waals surface area contributed by atoms with E-state index in [0.29, 0.717) is 11.8 Å². The minimum atomic E-state index is -1.15. The highest BCUT2D eigenvalue weighted by Crippen LogP contribution is 2.34. The summed E-state index contributed by atoms with van der Waals surface area (Å²) in [6, 6.07) is -1.15. The second-order valence-corrected chi connectivity index (χ2v) is 5.37. The lowest BCUT2D eigenvalue weighted by Crippen LogP contribution is -2.54. The Labute approximate surface area is 108 Å². The van der Waals surface area contributed by atoms with E-state index in [9.17, 15) is 9.59 Å². The molecule has 0 aromatic rings. The summed E-state index contributed by atoms with van der Waals surface area (Å²) in [5.74, 6) is 0.301. The molecule has 1 aliphatic carbocycles. The van der Waals surface area contributed by atoms with Crippen LogP contribution in [0.2, 0.25) is 0 Å². The smallest absolute Gasteiger partial charge is 0.332 e. The van der Waals surface area contributed by atoms with E-state index in [2.05, 4.69) is 0 Å². The molecular weight excluding hydrogens is 232 g/mol. The number of carbonyl (C=O) groups excluding carboxylic acids is 2. The van der Waals surface area contributed by atoms with Gasteiger partial charge in [0.1, 0.15) is 0 Å². The van der Waals surface area contributed by atoms with Crippen molar-refractivity contribution in [2.24, 2.45) is 17.6 Å². The van der Waals surface area contributed by atoms with Gasteiger partial charge in [0.2, 0.25) is 0 Å². The first kappa shape index (κ1) is 13.3. The minimum Gasteiger partial charge on any atom is -0.464 e. The van der Waals surface area contributed by atoms with Crippen LogP contribution in [0.25, 0.3) is 0 Å². The highest BCUT2D eigenvalue weighted by Gasteiger charge is 2.36. The average molecular weight is 254 g/mol. The maximum atomic E-state index is 12.1. The maximum absolute atomic E-state index is 12.1. The Kier molecular flexibility index (Phi) is 4.22. The number of ether oxygens (including phenoxy) is 1. The Morgan fingerprint density at radius 3 is 2.50 bits per heavy atom. The van der Waals surface area contributed by atoms with Gasteiger partial charge in [0.05, 0.1) is 6.61 Å². The summed E-state index contributed by atoms with van der Waals surface area (Å²) in [5, 5.41) is 0. The second kappa shape index (κ2) is 5.69. The van der Waals surface area contributed by atoms with E-state index >= 15 is 0 Å². The molecule has 1 amide bonds. The highest BCUT2D eigenvalue weighted by molar-refractivity contribution is 6.01. The van der Waals surface area contributed by atoms with Crippen molar-refractivity contribution >= 4 is 11.9 Å². The number of fused-ring (bicyclic) bond motifs is 2. The molecule has 5 heteroatoms. The molecule has 102 valence electrons. The molecule has 3 unspecified atom stereocenters. The Morgan fingerprint density at radius 1 is 1.33 bits per heavy atom. The molecular formula is C13H22N2O3. The van der Waals surface area contributed by atoms with Gasteiger partial charge in [-0.1, -0.05) is 6.42 Å². The molecule has 0 aromatic heterocycles. The Morgan fingerprint density at radius 2 is 1.94 bits per heavy atom. The molecule has 5 nitrogen and oxygen atoms in total. The van der Waals surface area contributed by atoms with Gasteiger partial charge in [-0.2, -0.15) is 0 Å². The molecule has 1 saturated carbocycles. The third-order valence-electron chi connectivity index (χ3n) is 3.97. The second-order valence-electron chi connectivity index (χ2n) is 5.37. The lowest BCUT2D eigenvalue weighted by molar-refractivity contribution is -0.152. The molecule has 0 aromatic carbocycles. The van der Waals surface area contributed by atoms with Crippen molar-refractivity contribution in [1.29, 1.82) is 0 Å². The third kappa shape index (κ3) is 2.83. The number of piperidine rings is 1. The van der Waals surface area contributed by atoms with E-state index in [0.717, 1.165) is 13.1 Å². The topological polar surface area (TPSA) is 72.6 Å². The zero-order valence-corrected chi connectivity index (χ0v) is 10.9. The summed E-state index contributed by atoms with van der Waals surface area (Å²) in [5.41, 5.74) is 5.66. The SMILES string of the molecule is CCOC(=O)C(N)C(=O)N1CC2CCCC(C2)C1. The lowest BCUT2D eigenvalue weighted by atomic mass is 9.78. The molecule has 1 aliphatic heterocycles. The van der Waals surface area contributed by atoms with Crippen LogP contribution < -0.4 is 5.73 Å². The number of amides is 1. The summed E-state index contributed by atoms with van der Waals surface area (Å²) in [4.78, 5) is 25.4. The highest BCUT2D eigenvalue weighted by atomic mass is 16.5. The van der Waals surface area contributed by atoms with Crippen molar-refractivity contribution in [2.75, 3.05) is 19.7 Å². The van der Waals surface area contributed by atoms with Gasteiger partial charge in [-0.3, -0.25) is 4.79 Å². The van der Waals surface area contributed by atoms with Crippen molar-refractivity contribution in [3.8, 4) is 0 Å². The fourth-order valence-electron chi connectivity index (χ4n) is 3.14. The van der Waals surface area contributed by atoms with Crippen LogP contribution >= 0.6 is 0 Å². The van der Waals surface area contributed by atoms with Gasteiger partial charge < -0.3 is 15.4 Å². The summed E-state index contributed by atoms with van der Waals surface area (Å²) >= 11 is 0. The standard InChI is InChI=1S/C13H22N2O3/c1-2-18-13(17)11(14)12(16)15-7-9-4-3-5-10(6-9)8-15/h9-11H,2-8,14H2,1H3. The molecule has 2 N–H and O–H groups in total. The number of likely N-dealkylation sites (tertiary alicyclic amines) is 1. The zero-order chi connectivity index (χ0) is 13.1. The molecule has 3 atom stereocenters. The van der Waals surface area contributed by atoms with Crippen molar-refractivity contribution in [2.45, 2.75) is 38.6 Å². The first-order valence-corrected chi connectivity index (χ1v) is 6.82. The van der Waals surface area contributed by atoms with Crippen LogP contribution in [-0.2, 0) is 14.3 Å². The first-order valence-electron chi connectivity index (χ1n) is 6.82. The largest absolute Gasteiger partial charge is 0.464 e. The molecule has 2 rings (SSSR count). The van der Waals surface area contributed by atoms with Crippen molar-refractivity contribution in [3.05, 3.63) is 0 Å². The Hall–Kier alpha value is -1.10. The monoisotopic (exact) mass is 254 g/mol. The number of hydrogen-bond acceptors (Lipinski definition) is 4. The van der Waals surface area contributed by atoms with Crippen molar-refractivity contribution in [1.82, 2.24) is 4.90 Å². The predicted octanol–water partition coefficient (Wildman–Crippen LogP) is 0.525. The fourth-order valence-corrected chi connectivity index (χ4v) is 3.14. The summed E-state index contributed by atoms with van der Waals surface area (Å²) < 4.78 is 4.80. The number of rotatable bonds is 3. The molecule has 1 saturated heterocycles. The average Bonchev–Trinajstić information content (AvgIpc) is 2.36. The predicted molar refractivity (Wildman–Crippen MR) is 66.6 cm³/mol. The van der Waals surface area contributed by atoms with E-state index in [1.54, 1.807) is 11.8 Å².